The molecule has 0 spiro atoms. The Balaban J connectivity index is 2.53. The highest BCUT2D eigenvalue weighted by Gasteiger charge is 2.06. The van der Waals surface area contributed by atoms with Gasteiger partial charge in [0.1, 0.15) is 0 Å². The van der Waals surface area contributed by atoms with Gasteiger partial charge in [-0.25, -0.2) is 0 Å². The average Bonchev–Trinajstić information content (AvgIpc) is 2.47. The Labute approximate surface area is 143 Å². The van der Waals surface area contributed by atoms with Crippen LogP contribution in [0.1, 0.15) is 25.3 Å². The summed E-state index contributed by atoms with van der Waals surface area (Å²) in [6, 6.07) is 10.6. The monoisotopic (exact) mass is 317 g/mol. The van der Waals surface area contributed by atoms with Gasteiger partial charge in [-0.2, -0.15) is 0 Å². The maximum absolute atomic E-state index is 2.60. The van der Waals surface area contributed by atoms with Crippen molar-refractivity contribution in [3.63, 3.8) is 0 Å². The summed E-state index contributed by atoms with van der Waals surface area (Å²) in [4.78, 5) is 7.14. The highest BCUT2D eigenvalue weighted by atomic mass is 15.1. The summed E-state index contributed by atoms with van der Waals surface area (Å²) in [7, 11) is 8.60. The Morgan fingerprint density at radius 2 is 1.35 bits per heavy atom. The van der Waals surface area contributed by atoms with Crippen LogP contribution in [0, 0.1) is 0 Å². The summed E-state index contributed by atoms with van der Waals surface area (Å²) in [6.07, 6.45) is 4.77. The molecule has 3 heteroatoms. The van der Waals surface area contributed by atoms with E-state index in [1.54, 1.807) is 0 Å². The van der Waals surface area contributed by atoms with E-state index in [0.29, 0.717) is 0 Å². The van der Waals surface area contributed by atoms with Crippen LogP contribution in [0.25, 0.3) is 6.08 Å². The zero-order valence-electron chi connectivity index (χ0n) is 15.8. The third-order valence-electron chi connectivity index (χ3n) is 3.84. The third kappa shape index (κ3) is 10.3. The van der Waals surface area contributed by atoms with E-state index in [0.717, 1.165) is 19.6 Å². The molecule has 0 heterocycles. The van der Waals surface area contributed by atoms with Gasteiger partial charge < -0.3 is 9.80 Å². The molecule has 0 aromatic heterocycles. The summed E-state index contributed by atoms with van der Waals surface area (Å²) in [5.41, 5.74) is 2.73. The van der Waals surface area contributed by atoms with E-state index in [4.69, 9.17) is 0 Å². The maximum atomic E-state index is 2.60. The molecular formula is C20H35N3. The lowest BCUT2D eigenvalue weighted by molar-refractivity contribution is 0.256. The van der Waals surface area contributed by atoms with Gasteiger partial charge in [0.15, 0.2) is 0 Å². The molecule has 0 unspecified atom stereocenters. The number of benzene rings is 1. The molecular weight excluding hydrogens is 282 g/mol. The van der Waals surface area contributed by atoms with Gasteiger partial charge in [-0.15, -0.1) is 0 Å². The molecule has 0 N–H and O–H groups in total. The van der Waals surface area contributed by atoms with E-state index in [-0.39, 0.29) is 0 Å². The summed E-state index contributed by atoms with van der Waals surface area (Å²) < 4.78 is 0. The van der Waals surface area contributed by atoms with Crippen molar-refractivity contribution < 1.29 is 0 Å². The minimum Gasteiger partial charge on any atom is -0.309 e. The number of hydrogen-bond donors (Lipinski definition) is 0. The van der Waals surface area contributed by atoms with Crippen molar-refractivity contribution in [1.29, 1.82) is 0 Å². The van der Waals surface area contributed by atoms with E-state index < -0.39 is 0 Å². The molecule has 1 aromatic carbocycles. The summed E-state index contributed by atoms with van der Waals surface area (Å²) in [5.74, 6) is 0. The van der Waals surface area contributed by atoms with Crippen LogP contribution in [0.5, 0.6) is 0 Å². The maximum Gasteiger partial charge on any atom is 0.0193 e. The van der Waals surface area contributed by atoms with Gasteiger partial charge in [0.05, 0.1) is 0 Å². The third-order valence-corrected chi connectivity index (χ3v) is 3.84. The van der Waals surface area contributed by atoms with Crippen molar-refractivity contribution in [3.05, 3.63) is 41.5 Å². The van der Waals surface area contributed by atoms with Crippen LogP contribution in [-0.2, 0) is 0 Å². The molecule has 0 fully saturated rings. The van der Waals surface area contributed by atoms with Crippen LogP contribution < -0.4 is 0 Å². The van der Waals surface area contributed by atoms with Crippen molar-refractivity contribution in [1.82, 2.24) is 14.7 Å². The second kappa shape index (κ2) is 11.4. The van der Waals surface area contributed by atoms with Crippen LogP contribution in [0.2, 0.25) is 0 Å². The van der Waals surface area contributed by atoms with Crippen molar-refractivity contribution in [2.24, 2.45) is 0 Å². The van der Waals surface area contributed by atoms with E-state index in [1.165, 1.54) is 37.1 Å². The van der Waals surface area contributed by atoms with Crippen LogP contribution in [0.15, 0.2) is 35.9 Å². The Kier molecular flexibility index (Phi) is 9.85. The van der Waals surface area contributed by atoms with Gasteiger partial charge in [0.2, 0.25) is 0 Å². The predicted molar refractivity (Wildman–Crippen MR) is 103 cm³/mol. The molecule has 23 heavy (non-hydrogen) atoms. The van der Waals surface area contributed by atoms with Gasteiger partial charge in [0.25, 0.3) is 0 Å². The normalized spacial score (nSPS) is 12.6. The molecule has 0 radical (unpaired) electrons. The molecule has 0 atom stereocenters. The fourth-order valence-corrected chi connectivity index (χ4v) is 2.72. The number of rotatable bonds is 11. The second-order valence-corrected chi connectivity index (χ2v) is 6.99. The van der Waals surface area contributed by atoms with E-state index in [1.807, 2.05) is 0 Å². The van der Waals surface area contributed by atoms with Crippen molar-refractivity contribution in [2.45, 2.75) is 19.8 Å². The fourth-order valence-electron chi connectivity index (χ4n) is 2.72. The SMILES string of the molecule is CC(=Cc1ccccc1)CN(CCCN(C)C)CCCN(C)C. The first-order chi connectivity index (χ1) is 11.0. The molecule has 1 aromatic rings. The zero-order chi connectivity index (χ0) is 17.1. The zero-order valence-corrected chi connectivity index (χ0v) is 15.8. The van der Waals surface area contributed by atoms with Gasteiger partial charge in [-0.1, -0.05) is 42.0 Å². The first-order valence-electron chi connectivity index (χ1n) is 8.71. The standard InChI is InChI=1S/C20H35N3/c1-19(17-20-11-7-6-8-12-20)18-23(15-9-13-21(2)3)16-10-14-22(4)5/h6-8,11-12,17H,9-10,13-16,18H2,1-5H3. The lowest BCUT2D eigenvalue weighted by Crippen LogP contribution is -2.31. The van der Waals surface area contributed by atoms with Gasteiger partial charge in [-0.05, 0) is 79.7 Å². The molecule has 0 bridgehead atoms. The topological polar surface area (TPSA) is 9.72 Å². The lowest BCUT2D eigenvalue weighted by Gasteiger charge is -2.24. The molecule has 1 rings (SSSR count). The summed E-state index contributed by atoms with van der Waals surface area (Å²) in [6.45, 7) is 7.97. The van der Waals surface area contributed by atoms with Gasteiger partial charge in [0, 0.05) is 6.54 Å². The second-order valence-electron chi connectivity index (χ2n) is 6.99. The number of nitrogens with zero attached hydrogens (tertiary/aromatic N) is 3. The smallest absolute Gasteiger partial charge is 0.0193 e. The van der Waals surface area contributed by atoms with Crippen LogP contribution in [0.3, 0.4) is 0 Å². The van der Waals surface area contributed by atoms with E-state index in [9.17, 15) is 0 Å². The van der Waals surface area contributed by atoms with Crippen LogP contribution in [-0.4, -0.2) is 75.6 Å². The molecule has 130 valence electrons. The predicted octanol–water partition coefficient (Wildman–Crippen LogP) is 3.30. The molecule has 0 aliphatic heterocycles. The number of hydrogen-bond acceptors (Lipinski definition) is 3. The highest BCUT2D eigenvalue weighted by Crippen LogP contribution is 2.09. The Morgan fingerprint density at radius 3 is 1.83 bits per heavy atom. The Bertz CT molecular complexity index is 423. The van der Waals surface area contributed by atoms with E-state index in [2.05, 4.69) is 86.2 Å². The van der Waals surface area contributed by atoms with Crippen LogP contribution in [0.4, 0.5) is 0 Å². The molecule has 0 aliphatic rings. The first kappa shape index (κ1) is 19.9. The molecule has 3 nitrogen and oxygen atoms in total. The van der Waals surface area contributed by atoms with Crippen molar-refractivity contribution in [2.75, 3.05) is 60.9 Å². The largest absolute Gasteiger partial charge is 0.309 e. The first-order valence-corrected chi connectivity index (χ1v) is 8.71. The molecule has 0 aliphatic carbocycles. The van der Waals surface area contributed by atoms with Crippen molar-refractivity contribution in [3.8, 4) is 0 Å². The lowest BCUT2D eigenvalue weighted by atomic mass is 10.1. The highest BCUT2D eigenvalue weighted by molar-refractivity contribution is 5.52. The molecule has 0 saturated carbocycles. The van der Waals surface area contributed by atoms with Gasteiger partial charge >= 0.3 is 0 Å². The summed E-state index contributed by atoms with van der Waals surface area (Å²) in [5, 5.41) is 0. The van der Waals surface area contributed by atoms with Gasteiger partial charge in [-0.3, -0.25) is 4.90 Å². The summed E-state index contributed by atoms with van der Waals surface area (Å²) >= 11 is 0. The quantitative estimate of drug-likeness (QED) is 0.620. The minimum absolute atomic E-state index is 1.07. The van der Waals surface area contributed by atoms with Crippen molar-refractivity contribution >= 4 is 6.08 Å². The van der Waals surface area contributed by atoms with E-state index >= 15 is 0 Å². The molecule has 0 saturated heterocycles. The average molecular weight is 318 g/mol. The minimum atomic E-state index is 1.07. The Morgan fingerprint density at radius 1 is 0.826 bits per heavy atom. The molecule has 0 amide bonds. The fraction of sp³-hybridized carbons (Fsp3) is 0.600. The van der Waals surface area contributed by atoms with Crippen LogP contribution >= 0.6 is 0 Å². The Hall–Kier alpha value is -1.16.